The van der Waals surface area contributed by atoms with Gasteiger partial charge in [-0.25, -0.2) is 0 Å². The Bertz CT molecular complexity index is 2390. The summed E-state index contributed by atoms with van der Waals surface area (Å²) in [6.07, 6.45) is 18.6. The van der Waals surface area contributed by atoms with Gasteiger partial charge in [-0.05, 0) is 94.8 Å². The number of rotatable bonds is 10. The van der Waals surface area contributed by atoms with Crippen molar-refractivity contribution in [2.75, 3.05) is 0 Å². The summed E-state index contributed by atoms with van der Waals surface area (Å²) < 4.78 is 2.35. The third-order valence-corrected chi connectivity index (χ3v) is 9.28. The summed E-state index contributed by atoms with van der Waals surface area (Å²) in [6, 6.07) is 51.3. The molecule has 1 aromatic heterocycles. The van der Waals surface area contributed by atoms with Crippen LogP contribution in [0.4, 0.5) is 0 Å². The maximum Gasteiger partial charge on any atom is 0.0541 e. The van der Waals surface area contributed by atoms with Crippen LogP contribution in [0.1, 0.15) is 43.4 Å². The molecule has 7 aromatic rings. The second-order valence-corrected chi connectivity index (χ2v) is 13.0. The van der Waals surface area contributed by atoms with E-state index < -0.39 is 0 Å². The number of benzene rings is 6. The Balaban J connectivity index is 0.000000199. The molecule has 0 amide bonds. The average molecular weight is 687 g/mol. The number of nitrogens with two attached hydrogens (primary N) is 1. The van der Waals surface area contributed by atoms with E-state index in [-0.39, 0.29) is 0 Å². The number of unbranched alkanes of at least 4 members (excludes halogenated alkanes) is 1. The summed E-state index contributed by atoms with van der Waals surface area (Å²) in [5.74, 6) is 2.74. The maximum absolute atomic E-state index is 6.14. The van der Waals surface area contributed by atoms with Gasteiger partial charge in [-0.3, -0.25) is 0 Å². The monoisotopic (exact) mass is 686 g/mol. The van der Waals surface area contributed by atoms with Gasteiger partial charge in [-0.2, -0.15) is 0 Å². The molecule has 0 saturated carbocycles. The molecule has 6 aromatic carbocycles. The lowest BCUT2D eigenvalue weighted by molar-refractivity contribution is 0.933. The Labute approximate surface area is 315 Å². The highest BCUT2D eigenvalue weighted by molar-refractivity contribution is 6.09. The molecule has 53 heavy (non-hydrogen) atoms. The minimum Gasteiger partial charge on any atom is -0.402 e. The van der Waals surface area contributed by atoms with Crippen LogP contribution in [0.15, 0.2) is 188 Å². The Morgan fingerprint density at radius 3 is 1.89 bits per heavy atom. The highest BCUT2D eigenvalue weighted by Crippen LogP contribution is 2.33. The fourth-order valence-corrected chi connectivity index (χ4v) is 6.69. The molecule has 0 saturated heterocycles. The molecule has 0 spiro atoms. The number of hydrogen-bond acceptors (Lipinski definition) is 1. The van der Waals surface area contributed by atoms with Crippen LogP contribution in [0.3, 0.4) is 0 Å². The van der Waals surface area contributed by atoms with Crippen LogP contribution < -0.4 is 5.73 Å². The molecule has 0 unspecified atom stereocenters. The molecule has 1 heterocycles. The van der Waals surface area contributed by atoms with Crippen molar-refractivity contribution in [2.24, 2.45) is 5.73 Å². The Morgan fingerprint density at radius 2 is 1.30 bits per heavy atom. The van der Waals surface area contributed by atoms with Crippen LogP contribution in [-0.4, -0.2) is 4.57 Å². The van der Waals surface area contributed by atoms with Gasteiger partial charge in [0.05, 0.1) is 11.0 Å². The smallest absolute Gasteiger partial charge is 0.0541 e. The van der Waals surface area contributed by atoms with Crippen LogP contribution in [0.2, 0.25) is 0 Å². The van der Waals surface area contributed by atoms with Crippen LogP contribution in [-0.2, 0) is 6.42 Å². The van der Waals surface area contributed by atoms with Gasteiger partial charge < -0.3 is 10.3 Å². The highest BCUT2D eigenvalue weighted by Gasteiger charge is 2.11. The van der Waals surface area contributed by atoms with E-state index in [0.717, 1.165) is 52.8 Å². The normalized spacial score (nSPS) is 11.7. The van der Waals surface area contributed by atoms with E-state index in [9.17, 15) is 0 Å². The molecule has 2 nitrogen and oxygen atoms in total. The number of aromatic nitrogens is 1. The van der Waals surface area contributed by atoms with E-state index in [1.807, 2.05) is 49.4 Å². The van der Waals surface area contributed by atoms with Gasteiger partial charge in [0, 0.05) is 34.1 Å². The molecule has 0 bridgehead atoms. The number of hydrogen-bond donors (Lipinski definition) is 1. The topological polar surface area (TPSA) is 30.9 Å². The predicted octanol–water partition coefficient (Wildman–Crippen LogP) is 13.1. The predicted molar refractivity (Wildman–Crippen MR) is 230 cm³/mol. The Kier molecular flexibility index (Phi) is 12.0. The molecule has 0 aliphatic heterocycles. The fraction of sp³-hybridized carbons (Fsp3) is 0.0980. The number of para-hydroxylation sites is 2. The largest absolute Gasteiger partial charge is 0.402 e. The second-order valence-electron chi connectivity index (χ2n) is 13.0. The van der Waals surface area contributed by atoms with Crippen molar-refractivity contribution in [3.63, 3.8) is 0 Å². The zero-order valence-electron chi connectivity index (χ0n) is 30.7. The molecular formula is C51H46N2. The van der Waals surface area contributed by atoms with Crippen LogP contribution >= 0.6 is 0 Å². The standard InChI is InChI=1S/C30H28N2.C21H18/c1-2-3-8-25(31)21-22-13-15-23(16-14-22)24-17-19-26(20-18-24)32-29-11-6-4-9-27(29)28-10-5-7-12-30(28)32;1-4-10-18(11-5-2)20-14-17(6-3)15-21(16-20)19-12-8-7-9-13-19/h4-20H,2-3,21,31H2,1H3;3-5,7-16H,1H2,2H3/b25-8+;11-5-,18-10+. The molecule has 2 heteroatoms. The van der Waals surface area contributed by atoms with Gasteiger partial charge in [-0.1, -0.05) is 159 Å². The summed E-state index contributed by atoms with van der Waals surface area (Å²) in [4.78, 5) is 0. The van der Waals surface area contributed by atoms with Gasteiger partial charge in [0.2, 0.25) is 0 Å². The van der Waals surface area contributed by atoms with E-state index in [2.05, 4.69) is 151 Å². The van der Waals surface area contributed by atoms with Gasteiger partial charge in [0.1, 0.15) is 0 Å². The van der Waals surface area contributed by atoms with Crippen molar-refractivity contribution < 1.29 is 0 Å². The van der Waals surface area contributed by atoms with Gasteiger partial charge in [0.25, 0.3) is 0 Å². The minimum atomic E-state index is 0.812. The fourth-order valence-electron chi connectivity index (χ4n) is 6.69. The molecular weight excluding hydrogens is 641 g/mol. The minimum absolute atomic E-state index is 0.812. The van der Waals surface area contributed by atoms with E-state index in [1.165, 1.54) is 44.2 Å². The zero-order chi connectivity index (χ0) is 37.0. The van der Waals surface area contributed by atoms with E-state index in [0.29, 0.717) is 0 Å². The first-order chi connectivity index (χ1) is 26.0. The molecule has 260 valence electrons. The van der Waals surface area contributed by atoms with Gasteiger partial charge in [-0.15, -0.1) is 6.42 Å². The van der Waals surface area contributed by atoms with E-state index in [1.54, 1.807) is 6.08 Å². The van der Waals surface area contributed by atoms with Crippen LogP contribution in [0.25, 0.3) is 55.3 Å². The van der Waals surface area contributed by atoms with Crippen molar-refractivity contribution in [3.05, 3.63) is 205 Å². The Hall–Kier alpha value is -6.56. The number of nitrogens with zero attached hydrogens (tertiary/aromatic N) is 1. The third kappa shape index (κ3) is 8.67. The second kappa shape index (κ2) is 17.6. The van der Waals surface area contributed by atoms with Crippen LogP contribution in [0, 0.1) is 12.3 Å². The molecule has 7 rings (SSSR count). The molecule has 0 atom stereocenters. The lowest BCUT2D eigenvalue weighted by Gasteiger charge is -2.10. The van der Waals surface area contributed by atoms with Crippen molar-refractivity contribution in [1.29, 1.82) is 0 Å². The first-order valence-electron chi connectivity index (χ1n) is 18.3. The summed E-state index contributed by atoms with van der Waals surface area (Å²) in [5.41, 5.74) is 19.8. The first-order valence-corrected chi connectivity index (χ1v) is 18.3. The van der Waals surface area contributed by atoms with Gasteiger partial charge in [0.15, 0.2) is 0 Å². The first kappa shape index (κ1) is 36.2. The number of allylic oxidation sites excluding steroid dienone is 7. The molecule has 0 aliphatic rings. The summed E-state index contributed by atoms with van der Waals surface area (Å²) in [5, 5.41) is 2.57. The lowest BCUT2D eigenvalue weighted by atomic mass is 9.96. The van der Waals surface area contributed by atoms with Gasteiger partial charge >= 0.3 is 0 Å². The quantitative estimate of drug-likeness (QED) is 0.113. The van der Waals surface area contributed by atoms with Crippen molar-refractivity contribution in [2.45, 2.75) is 33.1 Å². The zero-order valence-corrected chi connectivity index (χ0v) is 30.7. The van der Waals surface area contributed by atoms with Crippen molar-refractivity contribution >= 4 is 27.4 Å². The lowest BCUT2D eigenvalue weighted by Crippen LogP contribution is -2.01. The molecule has 0 radical (unpaired) electrons. The van der Waals surface area contributed by atoms with Crippen molar-refractivity contribution in [3.8, 4) is 40.3 Å². The summed E-state index contributed by atoms with van der Waals surface area (Å²) >= 11 is 0. The average Bonchev–Trinajstić information content (AvgIpc) is 3.55. The molecule has 0 aliphatic carbocycles. The Morgan fingerprint density at radius 1 is 0.717 bits per heavy atom. The molecule has 0 fully saturated rings. The summed E-state index contributed by atoms with van der Waals surface area (Å²) in [6.45, 7) is 7.95. The third-order valence-electron chi connectivity index (χ3n) is 9.28. The van der Waals surface area contributed by atoms with E-state index >= 15 is 0 Å². The van der Waals surface area contributed by atoms with Crippen molar-refractivity contribution in [1.82, 2.24) is 4.57 Å². The number of fused-ring (bicyclic) bond motifs is 3. The maximum atomic E-state index is 6.14. The van der Waals surface area contributed by atoms with E-state index in [4.69, 9.17) is 12.2 Å². The SMILES string of the molecule is C#Cc1cc(C(/C=C\C)=C/C=C)cc(-c2ccccc2)c1.CCC/C=C(/N)Cc1ccc(-c2ccc(-n3c4ccccc4c4ccccc43)cc2)cc1. The highest BCUT2D eigenvalue weighted by atomic mass is 15.0. The summed E-state index contributed by atoms with van der Waals surface area (Å²) in [7, 11) is 0. The van der Waals surface area contributed by atoms with Crippen LogP contribution in [0.5, 0.6) is 0 Å². The number of terminal acetylenes is 1. The molecule has 2 N–H and O–H groups in total.